The summed E-state index contributed by atoms with van der Waals surface area (Å²) in [5.41, 5.74) is 0.721. The zero-order valence-electron chi connectivity index (χ0n) is 17.0. The van der Waals surface area contributed by atoms with Crippen LogP contribution < -0.4 is 5.56 Å². The maximum atomic E-state index is 13.0. The number of benzene rings is 1. The summed E-state index contributed by atoms with van der Waals surface area (Å²) in [5, 5.41) is 15.6. The highest BCUT2D eigenvalue weighted by molar-refractivity contribution is 5.77. The largest absolute Gasteiger partial charge is 0.388 e. The molecule has 3 heterocycles. The monoisotopic (exact) mass is 395 g/mol. The van der Waals surface area contributed by atoms with Gasteiger partial charge in [-0.3, -0.25) is 9.59 Å². The second-order valence-corrected chi connectivity index (χ2v) is 8.63. The van der Waals surface area contributed by atoms with E-state index >= 15 is 0 Å². The number of hydrogen-bond acceptors (Lipinski definition) is 4. The number of aryl methyl sites for hydroxylation is 2. The van der Waals surface area contributed by atoms with Crippen LogP contribution >= 0.6 is 0 Å². The molecule has 2 aromatic rings. The third-order valence-electron chi connectivity index (χ3n) is 6.30. The van der Waals surface area contributed by atoms with Crippen molar-refractivity contribution in [1.29, 1.82) is 0 Å². The molecule has 4 rings (SSSR count). The van der Waals surface area contributed by atoms with Crippen LogP contribution in [-0.4, -0.2) is 43.4 Å². The van der Waals surface area contributed by atoms with Gasteiger partial charge in [0.1, 0.15) is 0 Å². The lowest BCUT2D eigenvalue weighted by molar-refractivity contribution is -0.152. The Morgan fingerprint density at radius 3 is 2.52 bits per heavy atom. The Kier molecular flexibility index (Phi) is 5.54. The number of amides is 1. The predicted molar refractivity (Wildman–Crippen MR) is 110 cm³/mol. The summed E-state index contributed by atoms with van der Waals surface area (Å²) in [6, 6.07) is 13.3. The lowest BCUT2D eigenvalue weighted by atomic mass is 9.75. The number of hydrogen-bond donors (Lipinski definition) is 1. The van der Waals surface area contributed by atoms with E-state index in [4.69, 9.17) is 0 Å². The van der Waals surface area contributed by atoms with Crippen molar-refractivity contribution in [2.75, 3.05) is 0 Å². The molecule has 0 saturated carbocycles. The minimum absolute atomic E-state index is 0.0382. The maximum absolute atomic E-state index is 13.0. The number of carbonyl (C=O) groups excluding carboxylic acids is 1. The molecule has 154 valence electrons. The molecule has 1 N–H and O–H groups in total. The van der Waals surface area contributed by atoms with Gasteiger partial charge < -0.3 is 10.0 Å². The number of aromatic nitrogens is 2. The van der Waals surface area contributed by atoms with E-state index < -0.39 is 5.60 Å². The van der Waals surface area contributed by atoms with Crippen molar-refractivity contribution in [3.05, 3.63) is 64.1 Å². The van der Waals surface area contributed by atoms with Crippen molar-refractivity contribution in [2.24, 2.45) is 0 Å². The quantitative estimate of drug-likeness (QED) is 0.844. The fourth-order valence-electron chi connectivity index (χ4n) is 5.03. The Bertz CT molecular complexity index is 910. The molecule has 29 heavy (non-hydrogen) atoms. The van der Waals surface area contributed by atoms with Crippen molar-refractivity contribution in [3.8, 4) is 0 Å². The van der Waals surface area contributed by atoms with E-state index in [1.54, 1.807) is 6.07 Å². The topological polar surface area (TPSA) is 75.4 Å². The Balaban J connectivity index is 1.46. The highest BCUT2D eigenvalue weighted by atomic mass is 16.3. The van der Waals surface area contributed by atoms with Gasteiger partial charge >= 0.3 is 0 Å². The Labute approximate surface area is 171 Å². The average molecular weight is 396 g/mol. The summed E-state index contributed by atoms with van der Waals surface area (Å²) < 4.78 is 1.37. The number of rotatable bonds is 5. The minimum Gasteiger partial charge on any atom is -0.388 e. The van der Waals surface area contributed by atoms with Crippen molar-refractivity contribution in [2.45, 2.75) is 76.1 Å². The molecule has 2 bridgehead atoms. The second kappa shape index (κ2) is 8.11. The number of nitrogens with zero attached hydrogens (tertiary/aromatic N) is 3. The zero-order valence-corrected chi connectivity index (χ0v) is 17.0. The molecular weight excluding hydrogens is 366 g/mol. The molecule has 2 fully saturated rings. The molecule has 2 saturated heterocycles. The van der Waals surface area contributed by atoms with E-state index in [9.17, 15) is 14.7 Å². The SMILES string of the molecule is Cc1ccc(=O)n(CC2(O)CC3CCCC(C2)N3C(=O)CCc2ccccc2)n1. The molecule has 1 aromatic heterocycles. The molecule has 0 aliphatic carbocycles. The van der Waals surface area contributed by atoms with Gasteiger partial charge in [-0.2, -0.15) is 5.10 Å². The molecule has 1 aromatic carbocycles. The minimum atomic E-state index is -1.00. The summed E-state index contributed by atoms with van der Waals surface area (Å²) in [5.74, 6) is 0.177. The maximum Gasteiger partial charge on any atom is 0.266 e. The van der Waals surface area contributed by atoms with Gasteiger partial charge in [0, 0.05) is 24.6 Å². The van der Waals surface area contributed by atoms with Crippen LogP contribution in [0.3, 0.4) is 0 Å². The van der Waals surface area contributed by atoms with E-state index in [1.165, 1.54) is 16.3 Å². The van der Waals surface area contributed by atoms with Gasteiger partial charge in [0.2, 0.25) is 5.91 Å². The molecule has 2 aliphatic rings. The standard InChI is InChI=1S/C23H29N3O3/c1-17-10-12-21(27)25(24-17)16-23(29)14-19-8-5-9-20(15-23)26(19)22(28)13-11-18-6-3-2-4-7-18/h2-4,6-7,10,12,19-20,29H,5,8-9,11,13-16H2,1H3. The van der Waals surface area contributed by atoms with Gasteiger partial charge in [-0.15, -0.1) is 0 Å². The zero-order chi connectivity index (χ0) is 20.4. The normalized spacial score (nSPS) is 26.3. The summed E-state index contributed by atoms with van der Waals surface area (Å²) in [4.78, 5) is 27.2. The van der Waals surface area contributed by atoms with Crippen LogP contribution in [0.2, 0.25) is 0 Å². The first-order valence-corrected chi connectivity index (χ1v) is 10.6. The molecule has 6 nitrogen and oxygen atoms in total. The van der Waals surface area contributed by atoms with E-state index in [-0.39, 0.29) is 30.1 Å². The summed E-state index contributed by atoms with van der Waals surface area (Å²) in [7, 11) is 0. The predicted octanol–water partition coefficient (Wildman–Crippen LogP) is 2.46. The van der Waals surface area contributed by atoms with Gasteiger partial charge in [-0.1, -0.05) is 30.3 Å². The van der Waals surface area contributed by atoms with Crippen molar-refractivity contribution in [3.63, 3.8) is 0 Å². The Morgan fingerprint density at radius 2 is 1.83 bits per heavy atom. The average Bonchev–Trinajstić information content (AvgIpc) is 2.69. The molecular formula is C23H29N3O3. The van der Waals surface area contributed by atoms with Gasteiger partial charge in [0.25, 0.3) is 5.56 Å². The molecule has 1 amide bonds. The van der Waals surface area contributed by atoms with Crippen LogP contribution in [0.15, 0.2) is 47.3 Å². The van der Waals surface area contributed by atoms with Gasteiger partial charge in [-0.05, 0) is 57.1 Å². The van der Waals surface area contributed by atoms with Crippen LogP contribution in [-0.2, 0) is 17.8 Å². The van der Waals surface area contributed by atoms with E-state index in [2.05, 4.69) is 17.2 Å². The summed E-state index contributed by atoms with van der Waals surface area (Å²) in [6.45, 7) is 2.02. The van der Waals surface area contributed by atoms with E-state index in [0.717, 1.165) is 31.4 Å². The van der Waals surface area contributed by atoms with E-state index in [0.29, 0.717) is 19.3 Å². The number of aliphatic hydroxyl groups is 1. The molecule has 0 spiro atoms. The first-order valence-electron chi connectivity index (χ1n) is 10.6. The van der Waals surface area contributed by atoms with Crippen LogP contribution in [0.5, 0.6) is 0 Å². The number of piperidine rings is 2. The molecule has 2 unspecified atom stereocenters. The highest BCUT2D eigenvalue weighted by Crippen LogP contribution is 2.40. The van der Waals surface area contributed by atoms with Gasteiger partial charge in [-0.25, -0.2) is 4.68 Å². The first-order chi connectivity index (χ1) is 13.9. The second-order valence-electron chi connectivity index (χ2n) is 8.63. The molecule has 2 atom stereocenters. The third kappa shape index (κ3) is 4.42. The van der Waals surface area contributed by atoms with Gasteiger partial charge in [0.15, 0.2) is 0 Å². The summed E-state index contributed by atoms with van der Waals surface area (Å²) >= 11 is 0. The lowest BCUT2D eigenvalue weighted by Crippen LogP contribution is -2.61. The Morgan fingerprint density at radius 1 is 1.14 bits per heavy atom. The van der Waals surface area contributed by atoms with Crippen molar-refractivity contribution in [1.82, 2.24) is 14.7 Å². The van der Waals surface area contributed by atoms with Crippen LogP contribution in [0, 0.1) is 6.92 Å². The molecule has 0 radical (unpaired) electrons. The van der Waals surface area contributed by atoms with Crippen LogP contribution in [0.4, 0.5) is 0 Å². The number of fused-ring (bicyclic) bond motifs is 2. The lowest BCUT2D eigenvalue weighted by Gasteiger charge is -2.52. The van der Waals surface area contributed by atoms with Crippen LogP contribution in [0.25, 0.3) is 0 Å². The van der Waals surface area contributed by atoms with Crippen molar-refractivity contribution >= 4 is 5.91 Å². The smallest absolute Gasteiger partial charge is 0.266 e. The van der Waals surface area contributed by atoms with Crippen molar-refractivity contribution < 1.29 is 9.90 Å². The Hall–Kier alpha value is -2.47. The third-order valence-corrected chi connectivity index (χ3v) is 6.30. The molecule has 6 heteroatoms. The fourth-order valence-corrected chi connectivity index (χ4v) is 5.03. The first kappa shape index (κ1) is 19.8. The fraction of sp³-hybridized carbons (Fsp3) is 0.522. The van der Waals surface area contributed by atoms with E-state index in [1.807, 2.05) is 30.0 Å². The van der Waals surface area contributed by atoms with Gasteiger partial charge in [0.05, 0.1) is 17.8 Å². The molecule has 2 aliphatic heterocycles. The highest BCUT2D eigenvalue weighted by Gasteiger charge is 2.47. The summed E-state index contributed by atoms with van der Waals surface area (Å²) in [6.07, 6.45) is 5.14. The van der Waals surface area contributed by atoms with Crippen LogP contribution in [0.1, 0.15) is 49.8 Å². The number of carbonyl (C=O) groups is 1.